The van der Waals surface area contributed by atoms with Crippen LogP contribution in [0.2, 0.25) is 10.0 Å². The molecule has 1 aromatic heterocycles. The zero-order chi connectivity index (χ0) is 25.0. The molecule has 0 bridgehead atoms. The van der Waals surface area contributed by atoms with Gasteiger partial charge in [-0.1, -0.05) is 145 Å². The second-order valence-electron chi connectivity index (χ2n) is 9.51. The molecule has 37 heavy (non-hydrogen) atoms. The molecule has 5 aromatic carbocycles. The molecule has 6 aromatic rings. The van der Waals surface area contributed by atoms with Gasteiger partial charge in [0.2, 0.25) is 0 Å². The van der Waals surface area contributed by atoms with E-state index in [-0.39, 0.29) is 0 Å². The first-order valence-electron chi connectivity index (χ1n) is 12.3. The van der Waals surface area contributed by atoms with E-state index < -0.39 is 10.8 Å². The SMILES string of the molecule is Clc1c2c(c(Cl)c3sccc13)C(c1ccccc1)(c1ccccc1)C2(c1ccccc1)c1ccccc1. The highest BCUT2D eigenvalue weighted by molar-refractivity contribution is 7.18. The Morgan fingerprint density at radius 3 is 1.16 bits per heavy atom. The smallest absolute Gasteiger partial charge is 0.0648 e. The van der Waals surface area contributed by atoms with Crippen LogP contribution in [0.1, 0.15) is 33.4 Å². The van der Waals surface area contributed by atoms with E-state index in [1.54, 1.807) is 11.3 Å². The predicted molar refractivity (Wildman–Crippen MR) is 157 cm³/mol. The summed E-state index contributed by atoms with van der Waals surface area (Å²) in [6, 6.07) is 45.3. The van der Waals surface area contributed by atoms with E-state index in [0.717, 1.165) is 31.3 Å². The van der Waals surface area contributed by atoms with Crippen molar-refractivity contribution in [2.75, 3.05) is 0 Å². The van der Waals surface area contributed by atoms with E-state index in [1.807, 2.05) is 0 Å². The van der Waals surface area contributed by atoms with Gasteiger partial charge in [0.05, 0.1) is 25.6 Å². The summed E-state index contributed by atoms with van der Waals surface area (Å²) >= 11 is 16.5. The Hall–Kier alpha value is -3.36. The molecule has 7 rings (SSSR count). The van der Waals surface area contributed by atoms with Crippen molar-refractivity contribution in [1.29, 1.82) is 0 Å². The van der Waals surface area contributed by atoms with Crippen LogP contribution in [0.25, 0.3) is 10.1 Å². The van der Waals surface area contributed by atoms with Gasteiger partial charge in [-0.15, -0.1) is 11.3 Å². The summed E-state index contributed by atoms with van der Waals surface area (Å²) in [6.45, 7) is 0. The topological polar surface area (TPSA) is 0 Å². The maximum absolute atomic E-state index is 7.43. The number of benzene rings is 5. The molecule has 1 aliphatic rings. The van der Waals surface area contributed by atoms with Crippen LogP contribution < -0.4 is 0 Å². The Bertz CT molecular complexity index is 1520. The molecule has 0 saturated carbocycles. The highest BCUT2D eigenvalue weighted by atomic mass is 35.5. The molecule has 0 fully saturated rings. The standard InChI is InChI=1S/C34H22Cl2S/c35-30-27-21-22-37-32(27)31(36)29-28(30)33(23-13-5-1-6-14-23,24-15-7-2-8-16-24)34(29,25-17-9-3-10-18-25)26-19-11-4-12-20-26/h1-22H. The fourth-order valence-corrected chi connectivity index (χ4v) is 8.43. The molecule has 0 amide bonds. The molecule has 0 N–H and O–H groups in total. The van der Waals surface area contributed by atoms with E-state index in [9.17, 15) is 0 Å². The average molecular weight is 534 g/mol. The van der Waals surface area contributed by atoms with Crippen molar-refractivity contribution in [2.24, 2.45) is 0 Å². The third-order valence-corrected chi connectivity index (χ3v) is 9.74. The first-order valence-corrected chi connectivity index (χ1v) is 14.0. The molecule has 0 unspecified atom stereocenters. The van der Waals surface area contributed by atoms with Crippen molar-refractivity contribution in [1.82, 2.24) is 0 Å². The molecule has 3 heteroatoms. The summed E-state index contributed by atoms with van der Waals surface area (Å²) in [5.41, 5.74) is 5.74. The number of hydrogen-bond donors (Lipinski definition) is 0. The molecule has 0 spiro atoms. The lowest BCUT2D eigenvalue weighted by molar-refractivity contribution is 0.353. The molecule has 0 radical (unpaired) electrons. The van der Waals surface area contributed by atoms with Gasteiger partial charge in [-0.05, 0) is 44.8 Å². The second kappa shape index (κ2) is 8.60. The van der Waals surface area contributed by atoms with Gasteiger partial charge in [0.25, 0.3) is 0 Å². The van der Waals surface area contributed by atoms with Gasteiger partial charge in [-0.25, -0.2) is 0 Å². The van der Waals surface area contributed by atoms with E-state index >= 15 is 0 Å². The molecule has 178 valence electrons. The molecular weight excluding hydrogens is 511 g/mol. The van der Waals surface area contributed by atoms with Crippen LogP contribution in [0.15, 0.2) is 133 Å². The van der Waals surface area contributed by atoms with Crippen LogP contribution >= 0.6 is 34.5 Å². The van der Waals surface area contributed by atoms with Gasteiger partial charge in [0.15, 0.2) is 0 Å². The lowest BCUT2D eigenvalue weighted by atomic mass is 9.38. The maximum atomic E-state index is 7.43. The van der Waals surface area contributed by atoms with Gasteiger partial charge in [0, 0.05) is 5.39 Å². The second-order valence-corrected chi connectivity index (χ2v) is 11.2. The van der Waals surface area contributed by atoms with Gasteiger partial charge >= 0.3 is 0 Å². The van der Waals surface area contributed by atoms with Crippen LogP contribution in [0.5, 0.6) is 0 Å². The van der Waals surface area contributed by atoms with Gasteiger partial charge in [0.1, 0.15) is 0 Å². The largest absolute Gasteiger partial charge is 0.142 e. The van der Waals surface area contributed by atoms with Crippen molar-refractivity contribution in [3.8, 4) is 0 Å². The summed E-state index contributed by atoms with van der Waals surface area (Å²) < 4.78 is 1.04. The molecular formula is C34H22Cl2S. The number of thiophene rings is 1. The highest BCUT2D eigenvalue weighted by Gasteiger charge is 2.68. The molecule has 1 heterocycles. The van der Waals surface area contributed by atoms with Crippen LogP contribution in [-0.4, -0.2) is 0 Å². The number of halogens is 2. The van der Waals surface area contributed by atoms with E-state index in [1.165, 1.54) is 22.3 Å². The van der Waals surface area contributed by atoms with Crippen molar-refractivity contribution >= 4 is 44.6 Å². The van der Waals surface area contributed by atoms with Gasteiger partial charge in [-0.3, -0.25) is 0 Å². The fourth-order valence-electron chi connectivity index (χ4n) is 6.67. The van der Waals surface area contributed by atoms with Crippen LogP contribution in [-0.2, 0) is 10.8 Å². The quantitative estimate of drug-likeness (QED) is 0.212. The van der Waals surface area contributed by atoms with Crippen LogP contribution in [0, 0.1) is 0 Å². The summed E-state index contributed by atoms with van der Waals surface area (Å²) in [4.78, 5) is 0. The lowest BCUT2D eigenvalue weighted by Crippen LogP contribution is -2.61. The third-order valence-electron chi connectivity index (χ3n) is 7.93. The molecule has 0 aliphatic heterocycles. The molecule has 0 nitrogen and oxygen atoms in total. The Morgan fingerprint density at radius 1 is 0.432 bits per heavy atom. The number of rotatable bonds is 4. The van der Waals surface area contributed by atoms with E-state index in [2.05, 4.69) is 133 Å². The van der Waals surface area contributed by atoms with Gasteiger partial charge < -0.3 is 0 Å². The number of fused-ring (bicyclic) bond motifs is 2. The first kappa shape index (κ1) is 22.8. The van der Waals surface area contributed by atoms with E-state index in [0.29, 0.717) is 0 Å². The predicted octanol–water partition coefficient (Wildman–Crippen LogP) is 9.89. The summed E-state index contributed by atoms with van der Waals surface area (Å²) in [7, 11) is 0. The minimum absolute atomic E-state index is 0.605. The maximum Gasteiger partial charge on any atom is 0.0648 e. The molecule has 0 atom stereocenters. The van der Waals surface area contributed by atoms with Crippen molar-refractivity contribution in [2.45, 2.75) is 10.8 Å². The Morgan fingerprint density at radius 2 is 0.784 bits per heavy atom. The van der Waals surface area contributed by atoms with Gasteiger partial charge in [-0.2, -0.15) is 0 Å². The Balaban J connectivity index is 1.80. The van der Waals surface area contributed by atoms with Crippen LogP contribution in [0.3, 0.4) is 0 Å². The molecule has 1 aliphatic carbocycles. The first-order chi connectivity index (χ1) is 18.2. The highest BCUT2D eigenvalue weighted by Crippen LogP contribution is 2.72. The summed E-state index contributed by atoms with van der Waals surface area (Å²) in [6.07, 6.45) is 0. The third kappa shape index (κ3) is 2.85. The van der Waals surface area contributed by atoms with Crippen molar-refractivity contribution in [3.63, 3.8) is 0 Å². The Labute approximate surface area is 230 Å². The zero-order valence-corrected chi connectivity index (χ0v) is 22.2. The van der Waals surface area contributed by atoms with Crippen molar-refractivity contribution in [3.05, 3.63) is 176 Å². The summed E-state index contributed by atoms with van der Waals surface area (Å²) in [5, 5.41) is 4.67. The minimum Gasteiger partial charge on any atom is -0.142 e. The van der Waals surface area contributed by atoms with Crippen molar-refractivity contribution < 1.29 is 0 Å². The fraction of sp³-hybridized carbons (Fsp3) is 0.0588. The zero-order valence-electron chi connectivity index (χ0n) is 19.9. The molecule has 0 saturated heterocycles. The normalized spacial score (nSPS) is 15.2. The van der Waals surface area contributed by atoms with E-state index in [4.69, 9.17) is 23.2 Å². The van der Waals surface area contributed by atoms with Crippen LogP contribution in [0.4, 0.5) is 0 Å². The summed E-state index contributed by atoms with van der Waals surface area (Å²) in [5.74, 6) is 0. The lowest BCUT2D eigenvalue weighted by Gasteiger charge is -2.62. The minimum atomic E-state index is -0.607. The average Bonchev–Trinajstić information content (AvgIpc) is 3.46. The Kier molecular flexibility index (Phi) is 5.30. The monoisotopic (exact) mass is 532 g/mol. The number of hydrogen-bond acceptors (Lipinski definition) is 1.